The van der Waals surface area contributed by atoms with Gasteiger partial charge >= 0.3 is 0 Å². The number of unbranched alkanes of at least 4 members (excludes halogenated alkanes) is 1. The first-order chi connectivity index (χ1) is 13.4. The van der Waals surface area contributed by atoms with Crippen LogP contribution in [0.4, 0.5) is 0 Å². The largest absolute Gasteiger partial charge is 0.0654 e. The molecule has 172 valence electrons. The summed E-state index contributed by atoms with van der Waals surface area (Å²) in [5.74, 6) is 4.95. The van der Waals surface area contributed by atoms with Crippen molar-refractivity contribution in [2.75, 3.05) is 0 Å². The molecule has 0 amide bonds. The lowest BCUT2D eigenvalue weighted by Gasteiger charge is -2.30. The zero-order chi connectivity index (χ0) is 21.8. The molecule has 0 aliphatic heterocycles. The van der Waals surface area contributed by atoms with Crippen LogP contribution in [0.1, 0.15) is 152 Å². The Morgan fingerprint density at radius 1 is 0.607 bits per heavy atom. The van der Waals surface area contributed by atoms with Crippen LogP contribution >= 0.6 is 0 Å². The van der Waals surface area contributed by atoms with Gasteiger partial charge in [0.2, 0.25) is 0 Å². The van der Waals surface area contributed by atoms with Crippen molar-refractivity contribution in [3.8, 4) is 0 Å². The Labute approximate surface area is 182 Å². The van der Waals surface area contributed by atoms with Crippen molar-refractivity contribution in [2.45, 2.75) is 152 Å². The molecule has 28 heavy (non-hydrogen) atoms. The van der Waals surface area contributed by atoms with E-state index in [2.05, 4.69) is 62.3 Å². The van der Waals surface area contributed by atoms with E-state index < -0.39 is 0 Å². The second-order valence-corrected chi connectivity index (χ2v) is 10.2. The van der Waals surface area contributed by atoms with Crippen molar-refractivity contribution in [2.24, 2.45) is 29.6 Å². The van der Waals surface area contributed by atoms with Gasteiger partial charge in [-0.2, -0.15) is 0 Å². The predicted molar refractivity (Wildman–Crippen MR) is 133 cm³/mol. The molecule has 0 N–H and O–H groups in total. The second kappa shape index (κ2) is 21.7. The Morgan fingerprint density at radius 3 is 1.50 bits per heavy atom. The van der Waals surface area contributed by atoms with E-state index in [0.29, 0.717) is 0 Å². The molecule has 0 radical (unpaired) electrons. The molecule has 0 spiro atoms. The standard InChI is InChI=1S/C12H24.C9H20.C7H16/c1-4-5-11-6-8-12(9-7-11)10(2)3;1-4-6-8-9(3)7-5-2;1-4-6-7(3)5-2/h10-12H,4-9H2,1-3H3;9H,4-8H2,1-3H3;7H,4-6H2,1-3H3. The molecule has 1 saturated carbocycles. The fourth-order valence-corrected chi connectivity index (χ4v) is 4.44. The highest BCUT2D eigenvalue weighted by Gasteiger charge is 2.22. The van der Waals surface area contributed by atoms with Crippen LogP contribution in [0.2, 0.25) is 0 Å². The summed E-state index contributed by atoms with van der Waals surface area (Å²) >= 11 is 0. The first kappa shape index (κ1) is 30.2. The Morgan fingerprint density at radius 2 is 1.14 bits per heavy atom. The summed E-state index contributed by atoms with van der Waals surface area (Å²) in [4.78, 5) is 0. The molecule has 2 unspecified atom stereocenters. The third-order valence-corrected chi connectivity index (χ3v) is 6.84. The number of hydrogen-bond donors (Lipinski definition) is 0. The van der Waals surface area contributed by atoms with Crippen molar-refractivity contribution in [3.63, 3.8) is 0 Å². The molecule has 0 bridgehead atoms. The zero-order valence-electron chi connectivity index (χ0n) is 21.8. The van der Waals surface area contributed by atoms with Crippen LogP contribution < -0.4 is 0 Å². The molecular formula is C28H60. The molecule has 1 rings (SSSR count). The van der Waals surface area contributed by atoms with Crippen molar-refractivity contribution >= 4 is 0 Å². The fraction of sp³-hybridized carbons (Fsp3) is 1.00. The van der Waals surface area contributed by atoms with E-state index in [-0.39, 0.29) is 0 Å². The van der Waals surface area contributed by atoms with Crippen molar-refractivity contribution in [1.29, 1.82) is 0 Å². The van der Waals surface area contributed by atoms with Gasteiger partial charge in [-0.15, -0.1) is 0 Å². The van der Waals surface area contributed by atoms with Gasteiger partial charge in [-0.05, 0) is 42.4 Å². The lowest BCUT2D eigenvalue weighted by atomic mass is 9.76. The van der Waals surface area contributed by atoms with Gasteiger partial charge in [0, 0.05) is 0 Å². The molecule has 0 nitrogen and oxygen atoms in total. The highest BCUT2D eigenvalue weighted by Crippen LogP contribution is 2.34. The Bertz CT molecular complexity index is 272. The van der Waals surface area contributed by atoms with E-state index in [4.69, 9.17) is 0 Å². The molecule has 0 heterocycles. The monoisotopic (exact) mass is 396 g/mol. The maximum absolute atomic E-state index is 2.38. The average Bonchev–Trinajstić information content (AvgIpc) is 2.68. The van der Waals surface area contributed by atoms with Gasteiger partial charge in [-0.1, -0.05) is 139 Å². The van der Waals surface area contributed by atoms with Crippen LogP contribution in [0.5, 0.6) is 0 Å². The van der Waals surface area contributed by atoms with Gasteiger partial charge in [0.15, 0.2) is 0 Å². The van der Waals surface area contributed by atoms with E-state index in [1.54, 1.807) is 0 Å². The fourth-order valence-electron chi connectivity index (χ4n) is 4.44. The lowest BCUT2D eigenvalue weighted by Crippen LogP contribution is -2.18. The van der Waals surface area contributed by atoms with Gasteiger partial charge < -0.3 is 0 Å². The summed E-state index contributed by atoms with van der Waals surface area (Å²) in [6.07, 6.45) is 19.9. The Hall–Kier alpha value is 0. The van der Waals surface area contributed by atoms with Crippen LogP contribution in [0, 0.1) is 29.6 Å². The number of rotatable bonds is 11. The molecular weight excluding hydrogens is 336 g/mol. The summed E-state index contributed by atoms with van der Waals surface area (Å²) in [6.45, 7) is 20.8. The summed E-state index contributed by atoms with van der Waals surface area (Å²) < 4.78 is 0. The van der Waals surface area contributed by atoms with Crippen LogP contribution in [-0.2, 0) is 0 Å². The van der Waals surface area contributed by atoms with E-state index in [0.717, 1.165) is 29.6 Å². The molecule has 0 saturated heterocycles. The second-order valence-electron chi connectivity index (χ2n) is 10.2. The molecule has 0 aromatic heterocycles. The van der Waals surface area contributed by atoms with Crippen molar-refractivity contribution < 1.29 is 0 Å². The van der Waals surface area contributed by atoms with Crippen molar-refractivity contribution in [3.05, 3.63) is 0 Å². The molecule has 1 aliphatic rings. The zero-order valence-corrected chi connectivity index (χ0v) is 21.8. The highest BCUT2D eigenvalue weighted by molar-refractivity contribution is 4.74. The maximum atomic E-state index is 2.38. The first-order valence-electron chi connectivity index (χ1n) is 13.4. The molecule has 0 heteroatoms. The Kier molecular flexibility index (Phi) is 23.4. The normalized spacial score (nSPS) is 21.2. The van der Waals surface area contributed by atoms with Crippen LogP contribution in [0.25, 0.3) is 0 Å². The van der Waals surface area contributed by atoms with Gasteiger partial charge in [0.1, 0.15) is 0 Å². The van der Waals surface area contributed by atoms with Gasteiger partial charge in [-0.25, -0.2) is 0 Å². The Balaban J connectivity index is 0. The molecule has 2 atom stereocenters. The van der Waals surface area contributed by atoms with Crippen molar-refractivity contribution in [1.82, 2.24) is 0 Å². The third-order valence-electron chi connectivity index (χ3n) is 6.84. The average molecular weight is 397 g/mol. The van der Waals surface area contributed by atoms with Gasteiger partial charge in [0.05, 0.1) is 0 Å². The first-order valence-corrected chi connectivity index (χ1v) is 13.4. The summed E-state index contributed by atoms with van der Waals surface area (Å²) in [5, 5.41) is 0. The third kappa shape index (κ3) is 19.3. The minimum absolute atomic E-state index is 0.924. The molecule has 0 aromatic carbocycles. The predicted octanol–water partition coefficient (Wildman–Crippen LogP) is 10.7. The topological polar surface area (TPSA) is 0 Å². The lowest BCUT2D eigenvalue weighted by molar-refractivity contribution is 0.216. The SMILES string of the molecule is CCCC(C)CC.CCCC1CCC(C(C)C)CC1.CCCCC(C)CCC. The summed E-state index contributed by atoms with van der Waals surface area (Å²) in [5.41, 5.74) is 0. The quantitative estimate of drug-likeness (QED) is 0.325. The molecule has 0 aromatic rings. The number of hydrogen-bond acceptors (Lipinski definition) is 0. The van der Waals surface area contributed by atoms with Gasteiger partial charge in [0.25, 0.3) is 0 Å². The molecule has 1 aliphatic carbocycles. The highest BCUT2D eigenvalue weighted by atomic mass is 14.3. The minimum Gasteiger partial charge on any atom is -0.0654 e. The summed E-state index contributed by atoms with van der Waals surface area (Å²) in [6, 6.07) is 0. The van der Waals surface area contributed by atoms with E-state index in [9.17, 15) is 0 Å². The molecule has 1 fully saturated rings. The maximum Gasteiger partial charge on any atom is -0.0391 e. The van der Waals surface area contributed by atoms with Crippen LogP contribution in [0.3, 0.4) is 0 Å². The van der Waals surface area contributed by atoms with Crippen LogP contribution in [0.15, 0.2) is 0 Å². The van der Waals surface area contributed by atoms with Gasteiger partial charge in [-0.3, -0.25) is 0 Å². The van der Waals surface area contributed by atoms with E-state index in [1.807, 2.05) is 0 Å². The minimum atomic E-state index is 0.924. The summed E-state index contributed by atoms with van der Waals surface area (Å²) in [7, 11) is 0. The van der Waals surface area contributed by atoms with Crippen LogP contribution in [-0.4, -0.2) is 0 Å². The van der Waals surface area contributed by atoms with E-state index in [1.165, 1.54) is 89.9 Å². The smallest absolute Gasteiger partial charge is 0.0391 e. The van der Waals surface area contributed by atoms with E-state index >= 15 is 0 Å².